The number of rotatable bonds is 2. The van der Waals surface area contributed by atoms with Gasteiger partial charge in [-0.15, -0.1) is 0 Å². The van der Waals surface area contributed by atoms with E-state index >= 15 is 0 Å². The molecule has 0 aliphatic carbocycles. The fourth-order valence-corrected chi connectivity index (χ4v) is 0.458. The molecule has 0 spiro atoms. The third kappa shape index (κ3) is 0.783. The molecule has 1 aliphatic heterocycles. The van der Waals surface area contributed by atoms with E-state index < -0.39 is 0 Å². The molecule has 40 valence electrons. The van der Waals surface area contributed by atoms with Crippen molar-refractivity contribution < 1.29 is 4.74 Å². The number of aliphatic imine (C=N–C) groups is 1. The first kappa shape index (κ1) is 4.74. The summed E-state index contributed by atoms with van der Waals surface area (Å²) >= 11 is 0. The molecule has 1 saturated heterocycles. The Morgan fingerprint density at radius 3 is 2.71 bits per heavy atom. The lowest BCUT2D eigenvalue weighted by Gasteiger charge is -1.82. The van der Waals surface area contributed by atoms with Crippen LogP contribution in [0.5, 0.6) is 0 Å². The third-order valence-electron chi connectivity index (χ3n) is 0.963. The molecule has 0 bridgehead atoms. The maximum Gasteiger partial charge on any atom is 0.145 e. The molecule has 1 rings (SSSR count). The van der Waals surface area contributed by atoms with Crippen LogP contribution < -0.4 is 5.32 Å². The predicted molar refractivity (Wildman–Crippen MR) is 27.3 cm³/mol. The molecular formula is C4H8N2O. The third-order valence-corrected chi connectivity index (χ3v) is 0.963. The lowest BCUT2D eigenvalue weighted by molar-refractivity contribution is 0.172. The lowest BCUT2D eigenvalue weighted by Crippen LogP contribution is -1.92. The second-order valence-electron chi connectivity index (χ2n) is 1.45. The van der Waals surface area contributed by atoms with E-state index in [-0.39, 0.29) is 12.4 Å². The van der Waals surface area contributed by atoms with Gasteiger partial charge in [0.2, 0.25) is 0 Å². The molecule has 0 aromatic carbocycles. The Labute approximate surface area is 42.4 Å². The maximum absolute atomic E-state index is 4.82. The van der Waals surface area contributed by atoms with Crippen LogP contribution in [0.25, 0.3) is 0 Å². The average molecular weight is 100 g/mol. The zero-order chi connectivity index (χ0) is 5.28. The highest BCUT2D eigenvalue weighted by atomic mass is 16.5. The summed E-state index contributed by atoms with van der Waals surface area (Å²) in [6, 6.07) is 0. The van der Waals surface area contributed by atoms with Crippen LogP contribution in [-0.4, -0.2) is 26.2 Å². The summed E-state index contributed by atoms with van der Waals surface area (Å²) in [6.07, 6.45) is 0.294. The maximum atomic E-state index is 4.82. The van der Waals surface area contributed by atoms with Crippen molar-refractivity contribution in [3.8, 4) is 0 Å². The van der Waals surface area contributed by atoms with Crippen LogP contribution in [0.1, 0.15) is 0 Å². The zero-order valence-electron chi connectivity index (χ0n) is 4.22. The van der Waals surface area contributed by atoms with E-state index in [1.165, 1.54) is 0 Å². The van der Waals surface area contributed by atoms with Crippen molar-refractivity contribution in [1.82, 2.24) is 5.32 Å². The van der Waals surface area contributed by atoms with Gasteiger partial charge in [0.1, 0.15) is 12.4 Å². The second-order valence-corrected chi connectivity index (χ2v) is 1.45. The van der Waals surface area contributed by atoms with Crippen molar-refractivity contribution in [2.75, 3.05) is 7.11 Å². The highest BCUT2D eigenvalue weighted by Crippen LogP contribution is 2.10. The molecule has 7 heavy (non-hydrogen) atoms. The van der Waals surface area contributed by atoms with E-state index in [2.05, 4.69) is 17.0 Å². The molecule has 1 heterocycles. The number of hydrogen-bond donors (Lipinski definition) is 1. The molecular weight excluding hydrogens is 92.1 g/mol. The van der Waals surface area contributed by atoms with E-state index in [0.717, 1.165) is 0 Å². The Hall–Kier alpha value is -0.410. The van der Waals surface area contributed by atoms with E-state index in [1.54, 1.807) is 7.11 Å². The number of ether oxygens (including phenoxy) is 1. The summed E-state index contributed by atoms with van der Waals surface area (Å²) < 4.78 is 4.82. The molecule has 0 radical (unpaired) electrons. The smallest absolute Gasteiger partial charge is 0.145 e. The predicted octanol–water partition coefficient (Wildman–Crippen LogP) is -0.411. The molecule has 0 amide bonds. The lowest BCUT2D eigenvalue weighted by atomic mass is 10.7. The first-order valence-corrected chi connectivity index (χ1v) is 2.13. The van der Waals surface area contributed by atoms with E-state index in [0.29, 0.717) is 0 Å². The van der Waals surface area contributed by atoms with E-state index in [4.69, 9.17) is 4.74 Å². The van der Waals surface area contributed by atoms with Gasteiger partial charge in [-0.2, -0.15) is 0 Å². The highest BCUT2D eigenvalue weighted by molar-refractivity contribution is 5.25. The SMILES string of the molecule is C=NC1NC1OC. The summed E-state index contributed by atoms with van der Waals surface area (Å²) in [5.41, 5.74) is 0. The quantitative estimate of drug-likeness (QED) is 0.378. The van der Waals surface area contributed by atoms with Gasteiger partial charge in [-0.1, -0.05) is 0 Å². The molecule has 1 fully saturated rings. The van der Waals surface area contributed by atoms with Crippen LogP contribution in [-0.2, 0) is 4.74 Å². The summed E-state index contributed by atoms with van der Waals surface area (Å²) in [4.78, 5) is 3.67. The first-order valence-electron chi connectivity index (χ1n) is 2.13. The van der Waals surface area contributed by atoms with Gasteiger partial charge < -0.3 is 4.74 Å². The second kappa shape index (κ2) is 1.60. The van der Waals surface area contributed by atoms with E-state index in [1.807, 2.05) is 0 Å². The van der Waals surface area contributed by atoms with Gasteiger partial charge in [0.15, 0.2) is 0 Å². The normalized spacial score (nSPS) is 37.9. The van der Waals surface area contributed by atoms with Crippen LogP contribution in [0.2, 0.25) is 0 Å². The number of hydrogen-bond acceptors (Lipinski definition) is 3. The van der Waals surface area contributed by atoms with E-state index in [9.17, 15) is 0 Å². The van der Waals surface area contributed by atoms with Gasteiger partial charge in [0.05, 0.1) is 0 Å². The molecule has 0 saturated carbocycles. The average Bonchev–Trinajstić information content (AvgIpc) is 2.43. The summed E-state index contributed by atoms with van der Waals surface area (Å²) in [6.45, 7) is 3.33. The van der Waals surface area contributed by atoms with Crippen LogP contribution in [0.4, 0.5) is 0 Å². The Bertz CT molecular complexity index is 83.8. The number of nitrogens with one attached hydrogen (secondary N) is 1. The molecule has 2 atom stereocenters. The van der Waals surface area contributed by atoms with Gasteiger partial charge in [0, 0.05) is 7.11 Å². The minimum Gasteiger partial charge on any atom is -0.363 e. The minimum atomic E-state index is 0.137. The summed E-state index contributed by atoms with van der Waals surface area (Å²) in [5.74, 6) is 0. The van der Waals surface area contributed by atoms with Crippen molar-refractivity contribution in [1.29, 1.82) is 0 Å². The van der Waals surface area contributed by atoms with Crippen molar-refractivity contribution in [2.24, 2.45) is 4.99 Å². The fourth-order valence-electron chi connectivity index (χ4n) is 0.458. The zero-order valence-corrected chi connectivity index (χ0v) is 4.22. The fraction of sp³-hybridized carbons (Fsp3) is 0.750. The summed E-state index contributed by atoms with van der Waals surface area (Å²) in [7, 11) is 1.64. The monoisotopic (exact) mass is 100 g/mol. The largest absolute Gasteiger partial charge is 0.363 e. The van der Waals surface area contributed by atoms with Crippen molar-refractivity contribution in [3.63, 3.8) is 0 Å². The standard InChI is InChI=1S/C4H8N2O/c1-5-3-4(6-3)7-2/h3-4,6H,1H2,2H3. The van der Waals surface area contributed by atoms with Gasteiger partial charge in [0.25, 0.3) is 0 Å². The van der Waals surface area contributed by atoms with Crippen LogP contribution in [0.15, 0.2) is 4.99 Å². The Morgan fingerprint density at radius 1 is 1.86 bits per heavy atom. The Morgan fingerprint density at radius 2 is 2.57 bits per heavy atom. The minimum absolute atomic E-state index is 0.137. The van der Waals surface area contributed by atoms with Crippen LogP contribution in [0.3, 0.4) is 0 Å². The first-order chi connectivity index (χ1) is 3.38. The van der Waals surface area contributed by atoms with Gasteiger partial charge in [-0.3, -0.25) is 10.3 Å². The summed E-state index contributed by atoms with van der Waals surface area (Å²) in [5, 5.41) is 2.92. The molecule has 1 N–H and O–H groups in total. The molecule has 0 aromatic rings. The molecule has 3 heteroatoms. The molecule has 2 unspecified atom stereocenters. The molecule has 3 nitrogen and oxygen atoms in total. The van der Waals surface area contributed by atoms with Gasteiger partial charge >= 0.3 is 0 Å². The topological polar surface area (TPSA) is 43.5 Å². The number of nitrogens with zero attached hydrogens (tertiary/aromatic N) is 1. The Balaban J connectivity index is 2.17. The molecule has 0 aromatic heterocycles. The van der Waals surface area contributed by atoms with Gasteiger partial charge in [-0.05, 0) is 6.72 Å². The highest BCUT2D eigenvalue weighted by Gasteiger charge is 2.34. The van der Waals surface area contributed by atoms with Crippen molar-refractivity contribution in [3.05, 3.63) is 0 Å². The van der Waals surface area contributed by atoms with Crippen LogP contribution >= 0.6 is 0 Å². The van der Waals surface area contributed by atoms with Crippen molar-refractivity contribution in [2.45, 2.75) is 12.4 Å². The molecule has 1 aliphatic rings. The van der Waals surface area contributed by atoms with Crippen LogP contribution in [0, 0.1) is 0 Å². The number of methoxy groups -OCH3 is 1. The Kier molecular flexibility index (Phi) is 1.08. The van der Waals surface area contributed by atoms with Gasteiger partial charge in [-0.25, -0.2) is 0 Å². The van der Waals surface area contributed by atoms with Crippen molar-refractivity contribution >= 4 is 6.72 Å².